The standard InChI is InChI=1S/C21H36O3S.Ba.2H/c1-2-3-4-5-6-7-8-9-10-11-12-13-17-20-24-25(22,23)21-18-15-14-16-19-21;;;/h14-16,18-19H,2-13,17,20H2,1H3;;;/q;+2;2*-1. The third-order valence-electron chi connectivity index (χ3n) is 4.52. The van der Waals surface area contributed by atoms with Crippen LogP contribution in [0.3, 0.4) is 0 Å². The summed E-state index contributed by atoms with van der Waals surface area (Å²) in [6, 6.07) is 8.35. The summed E-state index contributed by atoms with van der Waals surface area (Å²) < 4.78 is 28.9. The Bertz CT molecular complexity index is 528. The van der Waals surface area contributed by atoms with Crippen LogP contribution in [0, 0.1) is 0 Å². The maximum Gasteiger partial charge on any atom is 2.00 e. The van der Waals surface area contributed by atoms with Gasteiger partial charge in [-0.05, 0) is 18.6 Å². The molecule has 0 atom stereocenters. The smallest absolute Gasteiger partial charge is 1.00 e. The molecule has 0 heterocycles. The van der Waals surface area contributed by atoms with Gasteiger partial charge in [-0.15, -0.1) is 0 Å². The fourth-order valence-electron chi connectivity index (χ4n) is 2.94. The van der Waals surface area contributed by atoms with E-state index in [0.717, 1.165) is 12.8 Å². The minimum Gasteiger partial charge on any atom is -1.00 e. The molecular formula is C21H38BaO3S. The Balaban J connectivity index is -0.00000208. The molecule has 0 aliphatic rings. The fraction of sp³-hybridized carbons (Fsp3) is 0.714. The van der Waals surface area contributed by atoms with E-state index in [0.29, 0.717) is 0 Å². The molecule has 26 heavy (non-hydrogen) atoms. The van der Waals surface area contributed by atoms with Crippen LogP contribution in [-0.2, 0) is 14.3 Å². The predicted molar refractivity (Wildman–Crippen MR) is 113 cm³/mol. The van der Waals surface area contributed by atoms with E-state index in [1.54, 1.807) is 30.3 Å². The zero-order chi connectivity index (χ0) is 18.2. The van der Waals surface area contributed by atoms with Crippen LogP contribution in [0.25, 0.3) is 0 Å². The largest absolute Gasteiger partial charge is 2.00 e. The zero-order valence-corrected chi connectivity index (χ0v) is 21.9. The Kier molecular flexibility index (Phi) is 18.3. The summed E-state index contributed by atoms with van der Waals surface area (Å²) in [4.78, 5) is 0.240. The fourth-order valence-corrected chi connectivity index (χ4v) is 3.91. The molecule has 0 saturated heterocycles. The van der Waals surface area contributed by atoms with Gasteiger partial charge in [-0.3, -0.25) is 4.18 Å². The quantitative estimate of drug-likeness (QED) is 0.149. The monoisotopic (exact) mass is 508 g/mol. The van der Waals surface area contributed by atoms with Gasteiger partial charge in [0.1, 0.15) is 0 Å². The van der Waals surface area contributed by atoms with Crippen molar-refractivity contribution in [1.82, 2.24) is 0 Å². The molecule has 0 aliphatic carbocycles. The molecule has 1 aromatic rings. The van der Waals surface area contributed by atoms with Crippen molar-refractivity contribution >= 4 is 59.0 Å². The summed E-state index contributed by atoms with van der Waals surface area (Å²) in [5.74, 6) is 0. The second-order valence-electron chi connectivity index (χ2n) is 6.83. The Morgan fingerprint density at radius 2 is 1.15 bits per heavy atom. The zero-order valence-electron chi connectivity index (χ0n) is 18.6. The van der Waals surface area contributed by atoms with Crippen molar-refractivity contribution in [1.29, 1.82) is 0 Å². The summed E-state index contributed by atoms with van der Waals surface area (Å²) in [7, 11) is -3.58. The molecule has 0 unspecified atom stereocenters. The van der Waals surface area contributed by atoms with Crippen molar-refractivity contribution in [2.24, 2.45) is 0 Å². The van der Waals surface area contributed by atoms with Gasteiger partial charge in [0.05, 0.1) is 11.5 Å². The van der Waals surface area contributed by atoms with E-state index in [4.69, 9.17) is 4.18 Å². The molecule has 0 amide bonds. The minimum atomic E-state index is -3.58. The van der Waals surface area contributed by atoms with Gasteiger partial charge >= 0.3 is 48.9 Å². The number of hydrogen-bond acceptors (Lipinski definition) is 3. The van der Waals surface area contributed by atoms with Crippen LogP contribution in [0.15, 0.2) is 35.2 Å². The predicted octanol–water partition coefficient (Wildman–Crippen LogP) is 6.33. The van der Waals surface area contributed by atoms with E-state index < -0.39 is 10.1 Å². The van der Waals surface area contributed by atoms with Crippen LogP contribution in [-0.4, -0.2) is 63.9 Å². The van der Waals surface area contributed by atoms with Crippen molar-refractivity contribution < 1.29 is 15.5 Å². The molecule has 148 valence electrons. The summed E-state index contributed by atoms with van der Waals surface area (Å²) in [5.41, 5.74) is 0. The van der Waals surface area contributed by atoms with Crippen LogP contribution < -0.4 is 0 Å². The first-order chi connectivity index (χ1) is 12.2. The molecule has 1 rings (SSSR count). The number of unbranched alkanes of at least 4 members (excludes halogenated alkanes) is 12. The molecule has 3 nitrogen and oxygen atoms in total. The number of benzene rings is 1. The first-order valence-electron chi connectivity index (χ1n) is 10.1. The van der Waals surface area contributed by atoms with Gasteiger partial charge in [-0.1, -0.05) is 102 Å². The molecule has 0 saturated carbocycles. The maximum atomic E-state index is 11.9. The second-order valence-corrected chi connectivity index (χ2v) is 8.45. The molecule has 1 aromatic carbocycles. The van der Waals surface area contributed by atoms with Crippen LogP contribution in [0.4, 0.5) is 0 Å². The summed E-state index contributed by atoms with van der Waals surface area (Å²) in [6.07, 6.45) is 16.6. The Morgan fingerprint density at radius 1 is 0.731 bits per heavy atom. The Hall–Kier alpha value is 0.701. The van der Waals surface area contributed by atoms with Gasteiger partial charge in [0.2, 0.25) is 0 Å². The number of hydrogen-bond donors (Lipinski definition) is 0. The molecule has 5 heteroatoms. The van der Waals surface area contributed by atoms with E-state index in [1.165, 1.54) is 70.6 Å². The van der Waals surface area contributed by atoms with Crippen molar-refractivity contribution in [3.8, 4) is 0 Å². The molecule has 0 aromatic heterocycles. The number of rotatable bonds is 16. The van der Waals surface area contributed by atoms with Crippen LogP contribution >= 0.6 is 0 Å². The molecule has 0 bridgehead atoms. The molecular weight excluding hydrogens is 470 g/mol. The average Bonchev–Trinajstić information content (AvgIpc) is 2.63. The molecule has 0 fully saturated rings. The third-order valence-corrected chi connectivity index (χ3v) is 5.84. The van der Waals surface area contributed by atoms with Gasteiger partial charge in [0, 0.05) is 0 Å². The van der Waals surface area contributed by atoms with Crippen molar-refractivity contribution in [2.45, 2.75) is 95.3 Å². The van der Waals surface area contributed by atoms with Crippen molar-refractivity contribution in [3.05, 3.63) is 30.3 Å². The minimum absolute atomic E-state index is 0. The topological polar surface area (TPSA) is 43.4 Å². The summed E-state index contributed by atoms with van der Waals surface area (Å²) in [5, 5.41) is 0. The van der Waals surface area contributed by atoms with E-state index in [9.17, 15) is 8.42 Å². The van der Waals surface area contributed by atoms with Crippen LogP contribution in [0.1, 0.15) is 93.2 Å². The summed E-state index contributed by atoms with van der Waals surface area (Å²) in [6.45, 7) is 2.54. The van der Waals surface area contributed by atoms with Crippen molar-refractivity contribution in [2.75, 3.05) is 6.61 Å². The van der Waals surface area contributed by atoms with E-state index in [-0.39, 0.29) is 63.2 Å². The van der Waals surface area contributed by atoms with Crippen LogP contribution in [0.2, 0.25) is 0 Å². The normalized spacial score (nSPS) is 11.3. The van der Waals surface area contributed by atoms with E-state index in [1.807, 2.05) is 0 Å². The van der Waals surface area contributed by atoms with Gasteiger partial charge in [0.25, 0.3) is 10.1 Å². The van der Waals surface area contributed by atoms with Gasteiger partial charge in [-0.2, -0.15) is 8.42 Å². The Labute approximate surface area is 204 Å². The van der Waals surface area contributed by atoms with Crippen molar-refractivity contribution in [3.63, 3.8) is 0 Å². The molecule has 0 N–H and O–H groups in total. The molecule has 0 aliphatic heterocycles. The van der Waals surface area contributed by atoms with Gasteiger partial charge < -0.3 is 2.85 Å². The first kappa shape index (κ1) is 26.7. The van der Waals surface area contributed by atoms with Gasteiger partial charge in [-0.25, -0.2) is 0 Å². The van der Waals surface area contributed by atoms with E-state index in [2.05, 4.69) is 6.92 Å². The first-order valence-corrected chi connectivity index (χ1v) is 11.5. The second kappa shape index (κ2) is 17.8. The van der Waals surface area contributed by atoms with E-state index >= 15 is 0 Å². The van der Waals surface area contributed by atoms with Gasteiger partial charge in [0.15, 0.2) is 0 Å². The van der Waals surface area contributed by atoms with Crippen LogP contribution in [0.5, 0.6) is 0 Å². The SMILES string of the molecule is CCCCCCCCCCCCCCCOS(=O)(=O)c1ccccc1.[Ba+2].[H-].[H-]. The maximum absolute atomic E-state index is 11.9. The third kappa shape index (κ3) is 13.8. The summed E-state index contributed by atoms with van der Waals surface area (Å²) >= 11 is 0. The molecule has 0 spiro atoms. The molecule has 0 radical (unpaired) electrons. The average molecular weight is 508 g/mol. The Morgan fingerprint density at radius 3 is 1.62 bits per heavy atom.